The van der Waals surface area contributed by atoms with Gasteiger partial charge in [-0.2, -0.15) is 11.8 Å². The number of thioether (sulfide) groups is 1. The molecule has 0 aromatic carbocycles. The number of nitrogens with one attached hydrogen (secondary N) is 1. The van der Waals surface area contributed by atoms with Crippen LogP contribution in [0.3, 0.4) is 0 Å². The fourth-order valence-electron chi connectivity index (χ4n) is 0.871. The zero-order chi connectivity index (χ0) is 12.6. The van der Waals surface area contributed by atoms with Crippen LogP contribution < -0.4 is 11.1 Å². The van der Waals surface area contributed by atoms with Crippen LogP contribution in [0.15, 0.2) is 0 Å². The summed E-state index contributed by atoms with van der Waals surface area (Å²) in [5.74, 6) is -0.461. The van der Waals surface area contributed by atoms with Gasteiger partial charge in [0.15, 0.2) is 0 Å². The largest absolute Gasteiger partial charge is 0.480 e. The predicted octanol–water partition coefficient (Wildman–Crippen LogP) is -0.416. The van der Waals surface area contributed by atoms with Gasteiger partial charge >= 0.3 is 11.9 Å². The molecule has 0 aliphatic rings. The minimum atomic E-state index is -0.988. The van der Waals surface area contributed by atoms with Crippen LogP contribution in [-0.2, 0) is 9.59 Å². The van der Waals surface area contributed by atoms with E-state index in [2.05, 4.69) is 5.32 Å². The van der Waals surface area contributed by atoms with Gasteiger partial charge in [0.05, 0.1) is 0 Å². The summed E-state index contributed by atoms with van der Waals surface area (Å²) in [6.45, 7) is 2.16. The van der Waals surface area contributed by atoms with Crippen LogP contribution in [0.2, 0.25) is 0 Å². The first-order valence-electron chi connectivity index (χ1n) is 4.97. The molecule has 16 heavy (non-hydrogen) atoms. The molecule has 94 valence electrons. The topological polar surface area (TPSA) is 113 Å². The van der Waals surface area contributed by atoms with Gasteiger partial charge in [0.2, 0.25) is 0 Å². The summed E-state index contributed by atoms with van der Waals surface area (Å²) in [5, 5.41) is 19.9. The van der Waals surface area contributed by atoms with Crippen molar-refractivity contribution in [2.45, 2.75) is 25.4 Å². The Morgan fingerprint density at radius 1 is 1.31 bits per heavy atom. The SMILES string of the molecule is C[C@@H](NCCSCCC(N)C(=O)O)C(=O)O. The molecule has 0 heterocycles. The number of carboxylic acids is 2. The van der Waals surface area contributed by atoms with Crippen LogP contribution in [0.25, 0.3) is 0 Å². The van der Waals surface area contributed by atoms with E-state index >= 15 is 0 Å². The Morgan fingerprint density at radius 3 is 2.44 bits per heavy atom. The fourth-order valence-corrected chi connectivity index (χ4v) is 1.76. The summed E-state index contributed by atoms with van der Waals surface area (Å²) >= 11 is 1.55. The van der Waals surface area contributed by atoms with Crippen LogP contribution in [0, 0.1) is 0 Å². The zero-order valence-electron chi connectivity index (χ0n) is 9.18. The maximum absolute atomic E-state index is 10.4. The third-order valence-corrected chi connectivity index (χ3v) is 2.97. The van der Waals surface area contributed by atoms with Gasteiger partial charge in [-0.25, -0.2) is 0 Å². The number of aliphatic carboxylic acids is 2. The van der Waals surface area contributed by atoms with E-state index in [0.29, 0.717) is 18.7 Å². The second kappa shape index (κ2) is 8.37. The molecule has 5 N–H and O–H groups in total. The minimum absolute atomic E-state index is 0.425. The summed E-state index contributed by atoms with van der Waals surface area (Å²) in [6, 6.07) is -1.36. The molecule has 0 fully saturated rings. The Labute approximate surface area is 98.6 Å². The highest BCUT2D eigenvalue weighted by atomic mass is 32.2. The van der Waals surface area contributed by atoms with E-state index in [4.69, 9.17) is 15.9 Å². The van der Waals surface area contributed by atoms with Crippen molar-refractivity contribution in [1.29, 1.82) is 0 Å². The Morgan fingerprint density at radius 2 is 1.94 bits per heavy atom. The first-order valence-corrected chi connectivity index (χ1v) is 6.13. The number of rotatable bonds is 9. The molecular formula is C9H18N2O4S. The molecule has 0 bridgehead atoms. The van der Waals surface area contributed by atoms with Crippen molar-refractivity contribution < 1.29 is 19.8 Å². The maximum atomic E-state index is 10.4. The average molecular weight is 250 g/mol. The van der Waals surface area contributed by atoms with Crippen molar-refractivity contribution in [1.82, 2.24) is 5.32 Å². The molecule has 6 nitrogen and oxygen atoms in total. The van der Waals surface area contributed by atoms with Gasteiger partial charge in [-0.3, -0.25) is 9.59 Å². The average Bonchev–Trinajstić information content (AvgIpc) is 2.21. The van der Waals surface area contributed by atoms with Crippen LogP contribution in [0.5, 0.6) is 0 Å². The third-order valence-electron chi connectivity index (χ3n) is 1.96. The summed E-state index contributed by atoms with van der Waals surface area (Å²) in [6.07, 6.45) is 0.425. The van der Waals surface area contributed by atoms with E-state index in [0.717, 1.165) is 5.75 Å². The van der Waals surface area contributed by atoms with E-state index in [9.17, 15) is 9.59 Å². The van der Waals surface area contributed by atoms with E-state index in [1.165, 1.54) is 0 Å². The normalized spacial score (nSPS) is 14.4. The third kappa shape index (κ3) is 7.49. The van der Waals surface area contributed by atoms with Gasteiger partial charge in [-0.1, -0.05) is 0 Å². The number of carboxylic acid groups (broad SMARTS) is 2. The van der Waals surface area contributed by atoms with Crippen LogP contribution in [0.4, 0.5) is 0 Å². The number of hydrogen-bond donors (Lipinski definition) is 4. The maximum Gasteiger partial charge on any atom is 0.320 e. The minimum Gasteiger partial charge on any atom is -0.480 e. The van der Waals surface area contributed by atoms with Gasteiger partial charge in [-0.05, 0) is 19.1 Å². The fraction of sp³-hybridized carbons (Fsp3) is 0.778. The number of hydrogen-bond acceptors (Lipinski definition) is 5. The molecule has 0 saturated heterocycles. The van der Waals surface area contributed by atoms with Gasteiger partial charge in [0.25, 0.3) is 0 Å². The van der Waals surface area contributed by atoms with Gasteiger partial charge in [-0.15, -0.1) is 0 Å². The molecule has 0 spiro atoms. The molecule has 0 aliphatic carbocycles. The Balaban J connectivity index is 3.34. The second-order valence-corrected chi connectivity index (χ2v) is 4.58. The molecule has 0 aromatic heterocycles. The van der Waals surface area contributed by atoms with Crippen molar-refractivity contribution in [2.24, 2.45) is 5.73 Å². The molecule has 0 rings (SSSR count). The predicted molar refractivity (Wildman–Crippen MR) is 62.7 cm³/mol. The van der Waals surface area contributed by atoms with Crippen LogP contribution >= 0.6 is 11.8 Å². The van der Waals surface area contributed by atoms with Crippen molar-refractivity contribution in [3.05, 3.63) is 0 Å². The Kier molecular flexibility index (Phi) is 7.96. The van der Waals surface area contributed by atoms with Crippen molar-refractivity contribution in [3.63, 3.8) is 0 Å². The molecule has 0 aliphatic heterocycles. The van der Waals surface area contributed by atoms with Crippen LogP contribution in [-0.4, -0.2) is 52.3 Å². The summed E-state index contributed by atoms with van der Waals surface area (Å²) in [5.41, 5.74) is 5.31. The molecule has 0 saturated carbocycles. The lowest BCUT2D eigenvalue weighted by Crippen LogP contribution is -2.35. The quantitative estimate of drug-likeness (QED) is 0.411. The lowest BCUT2D eigenvalue weighted by molar-refractivity contribution is -0.139. The highest BCUT2D eigenvalue weighted by Crippen LogP contribution is 2.03. The van der Waals surface area contributed by atoms with Crippen molar-refractivity contribution in [3.8, 4) is 0 Å². The second-order valence-electron chi connectivity index (χ2n) is 3.36. The number of nitrogens with two attached hydrogens (primary N) is 1. The molecule has 2 atom stereocenters. The van der Waals surface area contributed by atoms with E-state index in [1.807, 2.05) is 0 Å². The smallest absolute Gasteiger partial charge is 0.320 e. The van der Waals surface area contributed by atoms with E-state index in [1.54, 1.807) is 18.7 Å². The van der Waals surface area contributed by atoms with Crippen molar-refractivity contribution >= 4 is 23.7 Å². The Hall–Kier alpha value is -0.790. The van der Waals surface area contributed by atoms with Gasteiger partial charge in [0, 0.05) is 12.3 Å². The molecule has 0 amide bonds. The zero-order valence-corrected chi connectivity index (χ0v) is 10.00. The molecule has 0 radical (unpaired) electrons. The standard InChI is InChI=1S/C9H18N2O4S/c1-6(8(12)13)11-3-5-16-4-2-7(10)9(14)15/h6-7,11H,2-5,10H2,1H3,(H,12,13)(H,14,15)/t6-,7?/m1/s1. The highest BCUT2D eigenvalue weighted by Gasteiger charge is 2.11. The summed E-state index contributed by atoms with van der Waals surface area (Å²) < 4.78 is 0. The van der Waals surface area contributed by atoms with Gasteiger partial charge < -0.3 is 21.3 Å². The molecule has 1 unspecified atom stereocenters. The summed E-state index contributed by atoms with van der Waals surface area (Å²) in [4.78, 5) is 20.8. The van der Waals surface area contributed by atoms with Gasteiger partial charge in [0.1, 0.15) is 12.1 Å². The van der Waals surface area contributed by atoms with E-state index < -0.39 is 24.0 Å². The molecular weight excluding hydrogens is 232 g/mol. The lowest BCUT2D eigenvalue weighted by atomic mass is 10.2. The molecule has 0 aromatic rings. The summed E-state index contributed by atoms with van der Waals surface area (Å²) in [7, 11) is 0. The van der Waals surface area contributed by atoms with Crippen LogP contribution in [0.1, 0.15) is 13.3 Å². The number of carbonyl (C=O) groups is 2. The first-order chi connectivity index (χ1) is 7.45. The Bertz CT molecular complexity index is 214. The molecule has 7 heteroatoms. The first kappa shape index (κ1) is 15.2. The monoisotopic (exact) mass is 250 g/mol. The lowest BCUT2D eigenvalue weighted by Gasteiger charge is -2.09. The highest BCUT2D eigenvalue weighted by molar-refractivity contribution is 7.99. The van der Waals surface area contributed by atoms with E-state index in [-0.39, 0.29) is 0 Å². The van der Waals surface area contributed by atoms with Crippen molar-refractivity contribution in [2.75, 3.05) is 18.1 Å².